The Hall–Kier alpha value is -2.28. The van der Waals surface area contributed by atoms with Crippen LogP contribution in [0.2, 0.25) is 0 Å². The number of hydrogen-bond acceptors (Lipinski definition) is 3. The molecule has 124 valence electrons. The molecule has 0 radical (unpaired) electrons. The van der Waals surface area contributed by atoms with Gasteiger partial charge in [0.2, 0.25) is 5.91 Å². The van der Waals surface area contributed by atoms with E-state index < -0.39 is 23.7 Å². The average molecular weight is 322 g/mol. The summed E-state index contributed by atoms with van der Waals surface area (Å²) in [7, 11) is 3.42. The zero-order chi connectivity index (χ0) is 17.0. The molecule has 0 aliphatic heterocycles. The highest BCUT2D eigenvalue weighted by Crippen LogP contribution is 2.24. The van der Waals surface area contributed by atoms with E-state index in [1.807, 2.05) is 0 Å². The number of halogens is 2. The van der Waals surface area contributed by atoms with Crippen molar-refractivity contribution < 1.29 is 13.6 Å². The molecule has 2 unspecified atom stereocenters. The van der Waals surface area contributed by atoms with E-state index in [0.29, 0.717) is 0 Å². The van der Waals surface area contributed by atoms with Gasteiger partial charge in [-0.25, -0.2) is 8.78 Å². The molecule has 0 bridgehead atoms. The van der Waals surface area contributed by atoms with Crippen LogP contribution in [-0.2, 0) is 4.79 Å². The van der Waals surface area contributed by atoms with Crippen LogP contribution >= 0.6 is 0 Å². The third-order valence-electron chi connectivity index (χ3n) is 3.73. The number of aromatic nitrogens is 2. The van der Waals surface area contributed by atoms with Gasteiger partial charge in [-0.15, -0.1) is 0 Å². The van der Waals surface area contributed by atoms with Crippen LogP contribution in [0.15, 0.2) is 36.7 Å². The zero-order valence-corrected chi connectivity index (χ0v) is 13.3. The fourth-order valence-electron chi connectivity index (χ4n) is 2.35. The third kappa shape index (κ3) is 3.92. The number of rotatable bonds is 6. The SMILES string of the molecule is CC(C(=O)NCC(c1c(F)cccc1F)N(C)C)n1cccn1. The second-order valence-corrected chi connectivity index (χ2v) is 5.52. The molecule has 2 rings (SSSR count). The summed E-state index contributed by atoms with van der Waals surface area (Å²) in [6.45, 7) is 1.80. The minimum atomic E-state index is -0.627. The van der Waals surface area contributed by atoms with Crippen molar-refractivity contribution in [3.05, 3.63) is 53.9 Å². The highest BCUT2D eigenvalue weighted by molar-refractivity contribution is 5.79. The second-order valence-electron chi connectivity index (χ2n) is 5.52. The van der Waals surface area contributed by atoms with E-state index in [-0.39, 0.29) is 18.0 Å². The molecule has 0 fully saturated rings. The van der Waals surface area contributed by atoms with Gasteiger partial charge < -0.3 is 10.2 Å². The van der Waals surface area contributed by atoms with Crippen molar-refractivity contribution in [1.29, 1.82) is 0 Å². The van der Waals surface area contributed by atoms with Crippen LogP contribution in [0.4, 0.5) is 8.78 Å². The van der Waals surface area contributed by atoms with Gasteiger partial charge in [0.25, 0.3) is 0 Å². The lowest BCUT2D eigenvalue weighted by molar-refractivity contribution is -0.124. The van der Waals surface area contributed by atoms with Gasteiger partial charge >= 0.3 is 0 Å². The maximum Gasteiger partial charge on any atom is 0.244 e. The normalized spacial score (nSPS) is 13.8. The van der Waals surface area contributed by atoms with E-state index in [9.17, 15) is 13.6 Å². The highest BCUT2D eigenvalue weighted by atomic mass is 19.1. The van der Waals surface area contributed by atoms with E-state index in [4.69, 9.17) is 0 Å². The Morgan fingerprint density at radius 3 is 2.48 bits per heavy atom. The first-order valence-corrected chi connectivity index (χ1v) is 7.29. The smallest absolute Gasteiger partial charge is 0.244 e. The maximum atomic E-state index is 14.0. The summed E-state index contributed by atoms with van der Waals surface area (Å²) in [5, 5.41) is 6.74. The van der Waals surface area contributed by atoms with Gasteiger partial charge in [0, 0.05) is 24.5 Å². The van der Waals surface area contributed by atoms with Gasteiger partial charge in [-0.05, 0) is 39.2 Å². The van der Waals surface area contributed by atoms with Crippen molar-refractivity contribution in [2.75, 3.05) is 20.6 Å². The van der Waals surface area contributed by atoms with Crippen molar-refractivity contribution in [3.8, 4) is 0 Å². The largest absolute Gasteiger partial charge is 0.352 e. The Bertz CT molecular complexity index is 638. The van der Waals surface area contributed by atoms with Crippen molar-refractivity contribution >= 4 is 5.91 Å². The summed E-state index contributed by atoms with van der Waals surface area (Å²) in [5.74, 6) is -1.52. The van der Waals surface area contributed by atoms with Crippen molar-refractivity contribution in [2.45, 2.75) is 19.0 Å². The van der Waals surface area contributed by atoms with Gasteiger partial charge in [0.05, 0.1) is 6.04 Å². The fraction of sp³-hybridized carbons (Fsp3) is 0.375. The molecule has 1 N–H and O–H groups in total. The molecule has 0 aliphatic rings. The van der Waals surface area contributed by atoms with Crippen LogP contribution in [0.1, 0.15) is 24.6 Å². The van der Waals surface area contributed by atoms with Crippen molar-refractivity contribution in [2.24, 2.45) is 0 Å². The summed E-state index contributed by atoms with van der Waals surface area (Å²) >= 11 is 0. The van der Waals surface area contributed by atoms with Gasteiger partial charge in [-0.1, -0.05) is 6.07 Å². The van der Waals surface area contributed by atoms with Crippen LogP contribution in [-0.4, -0.2) is 41.2 Å². The van der Waals surface area contributed by atoms with Crippen LogP contribution in [0, 0.1) is 11.6 Å². The van der Waals surface area contributed by atoms with Crippen molar-refractivity contribution in [1.82, 2.24) is 20.0 Å². The third-order valence-corrected chi connectivity index (χ3v) is 3.73. The van der Waals surface area contributed by atoms with Gasteiger partial charge in [-0.2, -0.15) is 5.10 Å². The number of carbonyl (C=O) groups excluding carboxylic acids is 1. The predicted octanol–water partition coefficient (Wildman–Crippen LogP) is 2.14. The van der Waals surface area contributed by atoms with E-state index in [1.54, 1.807) is 44.4 Å². The number of likely N-dealkylation sites (N-methyl/N-ethyl adjacent to an activating group) is 1. The van der Waals surface area contributed by atoms with Gasteiger partial charge in [-0.3, -0.25) is 9.48 Å². The Morgan fingerprint density at radius 1 is 1.30 bits per heavy atom. The molecular formula is C16H20F2N4O. The number of nitrogens with zero attached hydrogens (tertiary/aromatic N) is 3. The molecule has 7 heteroatoms. The lowest BCUT2D eigenvalue weighted by atomic mass is 10.0. The molecule has 2 atom stereocenters. The Labute approximate surface area is 133 Å². The number of benzene rings is 1. The molecular weight excluding hydrogens is 302 g/mol. The van der Waals surface area contributed by atoms with Crippen LogP contribution in [0.3, 0.4) is 0 Å². The molecule has 1 heterocycles. The fourth-order valence-corrected chi connectivity index (χ4v) is 2.35. The summed E-state index contributed by atoms with van der Waals surface area (Å²) in [4.78, 5) is 13.9. The Morgan fingerprint density at radius 2 is 1.96 bits per heavy atom. The quantitative estimate of drug-likeness (QED) is 0.886. The summed E-state index contributed by atoms with van der Waals surface area (Å²) in [6.07, 6.45) is 3.27. The summed E-state index contributed by atoms with van der Waals surface area (Å²) in [5.41, 5.74) is -0.0513. The van der Waals surface area contributed by atoms with E-state index in [2.05, 4.69) is 10.4 Å². The molecule has 0 saturated carbocycles. The molecule has 1 amide bonds. The number of carbonyl (C=O) groups is 1. The van der Waals surface area contributed by atoms with Gasteiger partial charge in [0.1, 0.15) is 17.7 Å². The lowest BCUT2D eigenvalue weighted by Gasteiger charge is -2.26. The Balaban J connectivity index is 2.10. The molecule has 1 aromatic heterocycles. The lowest BCUT2D eigenvalue weighted by Crippen LogP contribution is -2.38. The minimum absolute atomic E-state index is 0.0513. The predicted molar refractivity (Wildman–Crippen MR) is 82.7 cm³/mol. The van der Waals surface area contributed by atoms with Crippen LogP contribution in [0.25, 0.3) is 0 Å². The molecule has 0 aliphatic carbocycles. The first-order valence-electron chi connectivity index (χ1n) is 7.29. The topological polar surface area (TPSA) is 50.2 Å². The number of hydrogen-bond donors (Lipinski definition) is 1. The molecule has 0 spiro atoms. The van der Waals surface area contributed by atoms with E-state index >= 15 is 0 Å². The number of amides is 1. The monoisotopic (exact) mass is 322 g/mol. The first kappa shape index (κ1) is 17.1. The molecule has 5 nitrogen and oxygen atoms in total. The average Bonchev–Trinajstić information content (AvgIpc) is 3.02. The van der Waals surface area contributed by atoms with E-state index in [1.165, 1.54) is 22.9 Å². The van der Waals surface area contributed by atoms with E-state index in [0.717, 1.165) is 0 Å². The molecule has 1 aromatic carbocycles. The molecule has 2 aromatic rings. The number of nitrogens with one attached hydrogen (secondary N) is 1. The van der Waals surface area contributed by atoms with Crippen LogP contribution < -0.4 is 5.32 Å². The first-order chi connectivity index (χ1) is 10.9. The summed E-state index contributed by atoms with van der Waals surface area (Å²) in [6, 6.07) is 4.36. The summed E-state index contributed by atoms with van der Waals surface area (Å²) < 4.78 is 29.5. The maximum absolute atomic E-state index is 14.0. The Kier molecular flexibility index (Phi) is 5.44. The molecule has 23 heavy (non-hydrogen) atoms. The highest BCUT2D eigenvalue weighted by Gasteiger charge is 2.24. The minimum Gasteiger partial charge on any atom is -0.352 e. The standard InChI is InChI=1S/C16H20F2N4O/c1-11(22-9-5-8-20-22)16(23)19-10-14(21(2)3)15-12(17)6-4-7-13(15)18/h4-9,11,14H,10H2,1-3H3,(H,19,23). The van der Waals surface area contributed by atoms with Crippen LogP contribution in [0.5, 0.6) is 0 Å². The van der Waals surface area contributed by atoms with Gasteiger partial charge in [0.15, 0.2) is 0 Å². The van der Waals surface area contributed by atoms with Crippen molar-refractivity contribution in [3.63, 3.8) is 0 Å². The molecule has 0 saturated heterocycles. The zero-order valence-electron chi connectivity index (χ0n) is 13.3. The second kappa shape index (κ2) is 7.32.